The first-order valence-electron chi connectivity index (χ1n) is 12.9. The average molecular weight is 547 g/mol. The van der Waals surface area contributed by atoms with E-state index >= 15 is 0 Å². The van der Waals surface area contributed by atoms with Gasteiger partial charge in [-0.05, 0) is 51.4 Å². The zero-order chi connectivity index (χ0) is 28.7. The standard InChI is InChI=1S/C27H34N2O10/c1-5-26-21-15-6-7-16(30)22(21)39-23(26)17(10-11-27(26,36)18(12-15)28-4)38-20(32)9-8-19(31)37-14(3)24(33)29-13(2)25(34)35/h6-7,10,13-14,18,23,28,30,36H,5,8-9,11-12H2,1-4H3,(H,29,33)(H,34,35)/t13-,14-,18+,23-,26-,27+/m0/s1. The second-order valence-electron chi connectivity index (χ2n) is 10.2. The number of aliphatic carboxylic acids is 1. The van der Waals surface area contributed by atoms with E-state index in [-0.39, 0.29) is 42.6 Å². The predicted octanol–water partition coefficient (Wildman–Crippen LogP) is 0.808. The SMILES string of the molecule is CC[C@]12c3c4ccc(O)c3O[C@H]1C(OC(=O)CCC(=O)O[C@@H](C)C(=O)N[C@@H](C)C(=O)O)=CC[C@@]2(O)[C@H](NC)C4. The van der Waals surface area contributed by atoms with Gasteiger partial charge < -0.3 is 40.2 Å². The van der Waals surface area contributed by atoms with Crippen molar-refractivity contribution in [1.82, 2.24) is 10.6 Å². The van der Waals surface area contributed by atoms with Crippen molar-refractivity contribution < 1.29 is 48.7 Å². The number of nitrogens with one attached hydrogen (secondary N) is 2. The minimum absolute atomic E-state index is 0.0643. The number of hydrogen-bond acceptors (Lipinski definition) is 10. The third kappa shape index (κ3) is 4.61. The number of carbonyl (C=O) groups is 4. The molecule has 0 radical (unpaired) electrons. The molecule has 1 aromatic carbocycles. The van der Waals surface area contributed by atoms with E-state index in [1.54, 1.807) is 19.2 Å². The summed E-state index contributed by atoms with van der Waals surface area (Å²) < 4.78 is 16.8. The number of amides is 1. The Morgan fingerprint density at radius 3 is 2.51 bits per heavy atom. The van der Waals surface area contributed by atoms with E-state index in [9.17, 15) is 29.4 Å². The number of hydrogen-bond donors (Lipinski definition) is 5. The summed E-state index contributed by atoms with van der Waals surface area (Å²) in [6, 6.07) is 1.90. The van der Waals surface area contributed by atoms with Crippen molar-refractivity contribution in [3.05, 3.63) is 35.1 Å². The third-order valence-electron chi connectivity index (χ3n) is 8.08. The Morgan fingerprint density at radius 2 is 1.87 bits per heavy atom. The fourth-order valence-electron chi connectivity index (χ4n) is 6.07. The van der Waals surface area contributed by atoms with Gasteiger partial charge in [0.05, 0.1) is 23.9 Å². The number of carboxylic acid groups (broad SMARTS) is 1. The summed E-state index contributed by atoms with van der Waals surface area (Å²) in [5.41, 5.74) is -0.607. The van der Waals surface area contributed by atoms with Crippen LogP contribution in [-0.2, 0) is 40.5 Å². The van der Waals surface area contributed by atoms with Gasteiger partial charge in [-0.1, -0.05) is 13.0 Å². The number of phenolic OH excluding ortho intramolecular Hbond substituents is 1. The second-order valence-corrected chi connectivity index (χ2v) is 10.2. The highest BCUT2D eigenvalue weighted by atomic mass is 16.6. The predicted molar refractivity (Wildman–Crippen MR) is 135 cm³/mol. The molecule has 0 fully saturated rings. The Labute approximate surface area is 225 Å². The van der Waals surface area contributed by atoms with Crippen molar-refractivity contribution in [2.45, 2.75) is 88.2 Å². The molecule has 0 unspecified atom stereocenters. The van der Waals surface area contributed by atoms with Gasteiger partial charge in [0.15, 0.2) is 23.7 Å². The lowest BCUT2D eigenvalue weighted by Gasteiger charge is -2.55. The Bertz CT molecular complexity index is 1230. The quantitative estimate of drug-likeness (QED) is 0.262. The molecule has 12 heteroatoms. The van der Waals surface area contributed by atoms with Gasteiger partial charge in [0.1, 0.15) is 11.8 Å². The number of carboxylic acids is 1. The highest BCUT2D eigenvalue weighted by Gasteiger charge is 2.69. The molecule has 3 aliphatic rings. The van der Waals surface area contributed by atoms with Gasteiger partial charge in [0.25, 0.3) is 5.91 Å². The maximum atomic E-state index is 12.7. The first-order valence-corrected chi connectivity index (χ1v) is 12.9. The highest BCUT2D eigenvalue weighted by Crippen LogP contribution is 2.63. The molecule has 1 aromatic rings. The van der Waals surface area contributed by atoms with E-state index in [0.29, 0.717) is 12.8 Å². The molecule has 6 atom stereocenters. The van der Waals surface area contributed by atoms with Crippen LogP contribution in [0.2, 0.25) is 0 Å². The van der Waals surface area contributed by atoms with Crippen LogP contribution >= 0.6 is 0 Å². The minimum atomic E-state index is -1.28. The van der Waals surface area contributed by atoms with E-state index in [4.69, 9.17) is 19.3 Å². The van der Waals surface area contributed by atoms with Crippen molar-refractivity contribution in [1.29, 1.82) is 0 Å². The van der Waals surface area contributed by atoms with E-state index < -0.39 is 53.1 Å². The van der Waals surface area contributed by atoms with Crippen LogP contribution in [0.5, 0.6) is 11.5 Å². The lowest BCUT2D eigenvalue weighted by molar-refractivity contribution is -0.158. The van der Waals surface area contributed by atoms with Gasteiger partial charge >= 0.3 is 17.9 Å². The highest BCUT2D eigenvalue weighted by molar-refractivity contribution is 5.87. The first kappa shape index (κ1) is 28.4. The average Bonchev–Trinajstić information content (AvgIpc) is 3.27. The number of rotatable bonds is 10. The molecule has 1 aliphatic heterocycles. The molecule has 5 N–H and O–H groups in total. The van der Waals surface area contributed by atoms with Gasteiger partial charge in [-0.2, -0.15) is 0 Å². The Hall–Kier alpha value is -3.64. The van der Waals surface area contributed by atoms with Crippen molar-refractivity contribution in [3.63, 3.8) is 0 Å². The van der Waals surface area contributed by atoms with Gasteiger partial charge in [0.2, 0.25) is 0 Å². The molecule has 4 rings (SSSR count). The summed E-state index contributed by atoms with van der Waals surface area (Å²) in [6.07, 6.45) is -0.0984. The molecule has 39 heavy (non-hydrogen) atoms. The third-order valence-corrected chi connectivity index (χ3v) is 8.08. The number of aliphatic hydroxyl groups is 1. The smallest absolute Gasteiger partial charge is 0.325 e. The minimum Gasteiger partial charge on any atom is -0.504 e. The summed E-state index contributed by atoms with van der Waals surface area (Å²) in [5.74, 6) is -3.20. The van der Waals surface area contributed by atoms with Crippen LogP contribution in [0, 0.1) is 0 Å². The van der Waals surface area contributed by atoms with Crippen LogP contribution in [0.15, 0.2) is 24.0 Å². The normalized spacial score (nSPS) is 27.8. The number of likely N-dealkylation sites (N-methyl/N-ethyl adjacent to an activating group) is 1. The molecule has 0 saturated carbocycles. The van der Waals surface area contributed by atoms with Gasteiger partial charge in [-0.25, -0.2) is 0 Å². The van der Waals surface area contributed by atoms with Crippen molar-refractivity contribution in [3.8, 4) is 11.5 Å². The van der Waals surface area contributed by atoms with E-state index in [0.717, 1.165) is 11.1 Å². The van der Waals surface area contributed by atoms with Gasteiger partial charge in [-0.15, -0.1) is 0 Å². The zero-order valence-electron chi connectivity index (χ0n) is 22.3. The number of aromatic hydroxyl groups is 1. The zero-order valence-corrected chi connectivity index (χ0v) is 22.3. The molecule has 2 aliphatic carbocycles. The van der Waals surface area contributed by atoms with Gasteiger partial charge in [0, 0.05) is 18.0 Å². The Kier molecular flexibility index (Phi) is 7.63. The number of carbonyl (C=O) groups excluding carboxylic acids is 3. The van der Waals surface area contributed by atoms with Crippen LogP contribution in [0.4, 0.5) is 0 Å². The summed E-state index contributed by atoms with van der Waals surface area (Å²) in [4.78, 5) is 47.8. The molecule has 212 valence electrons. The number of benzene rings is 1. The van der Waals surface area contributed by atoms with E-state index in [1.165, 1.54) is 13.8 Å². The Morgan fingerprint density at radius 1 is 1.18 bits per heavy atom. The first-order chi connectivity index (χ1) is 18.4. The number of esters is 2. The van der Waals surface area contributed by atoms with E-state index in [1.807, 2.05) is 13.0 Å². The number of phenols is 1. The van der Waals surface area contributed by atoms with Gasteiger partial charge in [-0.3, -0.25) is 19.2 Å². The topological polar surface area (TPSA) is 181 Å². The monoisotopic (exact) mass is 546 g/mol. The lowest BCUT2D eigenvalue weighted by Crippen LogP contribution is -2.70. The molecular weight excluding hydrogens is 512 g/mol. The molecule has 0 saturated heterocycles. The van der Waals surface area contributed by atoms with Crippen LogP contribution in [0.3, 0.4) is 0 Å². The molecule has 1 heterocycles. The van der Waals surface area contributed by atoms with Crippen LogP contribution < -0.4 is 15.4 Å². The lowest BCUT2D eigenvalue weighted by atomic mass is 9.52. The van der Waals surface area contributed by atoms with Crippen LogP contribution in [0.1, 0.15) is 57.6 Å². The fourth-order valence-corrected chi connectivity index (χ4v) is 6.07. The molecule has 1 amide bonds. The van der Waals surface area contributed by atoms with Crippen LogP contribution in [0.25, 0.3) is 0 Å². The molecule has 0 bridgehead atoms. The molecule has 0 spiro atoms. The van der Waals surface area contributed by atoms with Crippen molar-refractivity contribution in [2.24, 2.45) is 0 Å². The second kappa shape index (κ2) is 10.5. The molecular formula is C27H34N2O10. The van der Waals surface area contributed by atoms with E-state index in [2.05, 4.69) is 10.6 Å². The molecule has 0 aromatic heterocycles. The number of ether oxygens (including phenoxy) is 3. The maximum Gasteiger partial charge on any atom is 0.325 e. The summed E-state index contributed by atoms with van der Waals surface area (Å²) in [7, 11) is 1.78. The summed E-state index contributed by atoms with van der Waals surface area (Å²) in [6.45, 7) is 4.48. The summed E-state index contributed by atoms with van der Waals surface area (Å²) in [5, 5.41) is 36.9. The molecule has 12 nitrogen and oxygen atoms in total. The summed E-state index contributed by atoms with van der Waals surface area (Å²) >= 11 is 0. The Balaban J connectivity index is 1.45. The van der Waals surface area contributed by atoms with Crippen molar-refractivity contribution in [2.75, 3.05) is 7.05 Å². The van der Waals surface area contributed by atoms with Crippen molar-refractivity contribution >= 4 is 23.8 Å². The maximum absolute atomic E-state index is 12.7. The fraction of sp³-hybridized carbons (Fsp3) is 0.556. The van der Waals surface area contributed by atoms with Crippen LogP contribution in [-0.4, -0.2) is 76.1 Å². The largest absolute Gasteiger partial charge is 0.504 e.